The molecule has 0 saturated heterocycles. The van der Waals surface area contributed by atoms with Gasteiger partial charge in [-0.15, -0.1) is 16.7 Å². The van der Waals surface area contributed by atoms with Gasteiger partial charge in [-0.25, -0.2) is 9.89 Å². The predicted molar refractivity (Wildman–Crippen MR) is 96.6 cm³/mol. The molecule has 4 N–H and O–H groups in total. The van der Waals surface area contributed by atoms with Crippen LogP contribution in [0.2, 0.25) is 0 Å². The first-order valence-electron chi connectivity index (χ1n) is 7.34. The third kappa shape index (κ3) is 3.78. The van der Waals surface area contributed by atoms with Crippen molar-refractivity contribution in [1.29, 1.82) is 0 Å². The highest BCUT2D eigenvalue weighted by atomic mass is 35.5. The predicted octanol–water partition coefficient (Wildman–Crippen LogP) is 3.00. The van der Waals surface area contributed by atoms with E-state index in [2.05, 4.69) is 20.5 Å². The maximum absolute atomic E-state index is 11.5. The largest absolute Gasteiger partial charge is 0.465 e. The molecule has 130 valence electrons. The minimum atomic E-state index is -0.392. The highest BCUT2D eigenvalue weighted by Gasteiger charge is 2.27. The first-order chi connectivity index (χ1) is 12.0. The van der Waals surface area contributed by atoms with Crippen LogP contribution in [-0.2, 0) is 4.74 Å². The van der Waals surface area contributed by atoms with Gasteiger partial charge in [-0.1, -0.05) is 23.7 Å². The van der Waals surface area contributed by atoms with E-state index in [1.54, 1.807) is 18.2 Å². The van der Waals surface area contributed by atoms with Gasteiger partial charge in [0, 0.05) is 16.6 Å². The number of nitrogens with zero attached hydrogens (tertiary/aromatic N) is 2. The molecule has 3 rings (SSSR count). The lowest BCUT2D eigenvalue weighted by molar-refractivity contribution is 0.0600. The Morgan fingerprint density at radius 3 is 2.64 bits per heavy atom. The van der Waals surface area contributed by atoms with E-state index < -0.39 is 5.97 Å². The molecule has 1 aliphatic carbocycles. The van der Waals surface area contributed by atoms with Crippen molar-refractivity contribution in [3.8, 4) is 0 Å². The molecule has 1 aliphatic rings. The average molecular weight is 380 g/mol. The van der Waals surface area contributed by atoms with Crippen LogP contribution in [-0.4, -0.2) is 33.6 Å². The Bertz CT molecular complexity index is 844. The van der Waals surface area contributed by atoms with Gasteiger partial charge in [0.1, 0.15) is 0 Å². The van der Waals surface area contributed by atoms with Crippen LogP contribution < -0.4 is 11.1 Å². The summed E-state index contributed by atoms with van der Waals surface area (Å²) in [5, 5.41) is 9.59. The van der Waals surface area contributed by atoms with Gasteiger partial charge in [0.15, 0.2) is 0 Å². The lowest BCUT2D eigenvalue weighted by Crippen LogP contribution is -2.18. The van der Waals surface area contributed by atoms with Gasteiger partial charge in [-0.3, -0.25) is 0 Å². The van der Waals surface area contributed by atoms with E-state index in [1.807, 2.05) is 18.2 Å². The van der Waals surface area contributed by atoms with Gasteiger partial charge in [0.05, 0.1) is 18.1 Å². The average Bonchev–Trinajstić information content (AvgIpc) is 2.99. The van der Waals surface area contributed by atoms with Gasteiger partial charge >= 0.3 is 5.97 Å². The van der Waals surface area contributed by atoms with Crippen molar-refractivity contribution in [2.45, 2.75) is 11.3 Å². The number of nitrogen functional groups attached to an aromatic ring is 1. The van der Waals surface area contributed by atoms with E-state index in [0.717, 1.165) is 5.56 Å². The fraction of sp³-hybridized carbons (Fsp3) is 0.188. The number of hydrogen-bond acceptors (Lipinski definition) is 6. The maximum atomic E-state index is 11.5. The topological polar surface area (TPSA) is 106 Å². The van der Waals surface area contributed by atoms with E-state index >= 15 is 0 Å². The number of methoxy groups -OCH3 is 1. The second kappa shape index (κ2) is 7.16. The summed E-state index contributed by atoms with van der Waals surface area (Å²) in [6.07, 6.45) is 3.57. The number of benzene rings is 1. The summed E-state index contributed by atoms with van der Waals surface area (Å²) in [4.78, 5) is 15.5. The summed E-state index contributed by atoms with van der Waals surface area (Å²) in [5.41, 5.74) is 7.52. The number of carbonyl (C=O) groups is 1. The zero-order valence-corrected chi connectivity index (χ0v) is 14.7. The van der Waals surface area contributed by atoms with Crippen LogP contribution in [0, 0.1) is 0 Å². The number of carbonyl (C=O) groups excluding carboxylic acids is 1. The molecular weight excluding hydrogens is 365 g/mol. The highest BCUT2D eigenvalue weighted by molar-refractivity contribution is 6.32. The van der Waals surface area contributed by atoms with Crippen LogP contribution in [0.1, 0.15) is 21.8 Å². The van der Waals surface area contributed by atoms with Crippen molar-refractivity contribution in [3.63, 3.8) is 0 Å². The molecule has 9 heteroatoms. The summed E-state index contributed by atoms with van der Waals surface area (Å²) in [6.45, 7) is 0. The summed E-state index contributed by atoms with van der Waals surface area (Å²) < 4.78 is 4.69. The number of H-pyrrole nitrogens is 1. The van der Waals surface area contributed by atoms with Crippen LogP contribution in [0.4, 0.5) is 11.9 Å². The van der Waals surface area contributed by atoms with Gasteiger partial charge < -0.3 is 15.8 Å². The molecule has 7 nitrogen and oxygen atoms in total. The number of rotatable bonds is 4. The van der Waals surface area contributed by atoms with E-state index in [1.165, 1.54) is 7.11 Å². The van der Waals surface area contributed by atoms with Crippen molar-refractivity contribution >= 4 is 41.1 Å². The summed E-state index contributed by atoms with van der Waals surface area (Å²) in [7, 11) is 1.34. The highest BCUT2D eigenvalue weighted by Crippen LogP contribution is 2.38. The molecule has 0 aliphatic heterocycles. The number of anilines is 2. The molecule has 2 unspecified atom stereocenters. The second-order valence-corrected chi connectivity index (χ2v) is 6.30. The molecule has 2 aromatic rings. The SMILES string of the molecule is COC(=O)c1ccc(C2C(Cl)=CC(Nc3n[nH]c(N)n3)=CC2Cl)cc1. The van der Waals surface area contributed by atoms with Crippen LogP contribution in [0.25, 0.3) is 0 Å². The first-order valence-corrected chi connectivity index (χ1v) is 8.15. The van der Waals surface area contributed by atoms with Crippen LogP contribution >= 0.6 is 23.2 Å². The molecule has 0 saturated carbocycles. The third-order valence-electron chi connectivity index (χ3n) is 3.70. The molecule has 1 aromatic heterocycles. The number of aromatic nitrogens is 3. The number of esters is 1. The molecule has 1 aromatic carbocycles. The monoisotopic (exact) mass is 379 g/mol. The number of alkyl halides is 1. The lowest BCUT2D eigenvalue weighted by Gasteiger charge is -2.25. The van der Waals surface area contributed by atoms with Crippen molar-refractivity contribution < 1.29 is 9.53 Å². The molecule has 2 atom stereocenters. The molecule has 25 heavy (non-hydrogen) atoms. The summed E-state index contributed by atoms with van der Waals surface area (Å²) in [5.74, 6) is -0.0802. The second-order valence-electron chi connectivity index (χ2n) is 5.36. The molecule has 1 heterocycles. The molecule has 0 bridgehead atoms. The minimum absolute atomic E-state index is 0.208. The zero-order chi connectivity index (χ0) is 18.0. The first kappa shape index (κ1) is 17.3. The van der Waals surface area contributed by atoms with Crippen LogP contribution in [0.15, 0.2) is 47.1 Å². The summed E-state index contributed by atoms with van der Waals surface area (Å²) >= 11 is 12.9. The van der Waals surface area contributed by atoms with Crippen molar-refractivity contribution in [2.75, 3.05) is 18.2 Å². The van der Waals surface area contributed by atoms with Gasteiger partial charge in [-0.2, -0.15) is 4.98 Å². The van der Waals surface area contributed by atoms with E-state index in [0.29, 0.717) is 22.2 Å². The maximum Gasteiger partial charge on any atom is 0.337 e. The molecule has 0 radical (unpaired) electrons. The van der Waals surface area contributed by atoms with E-state index in [9.17, 15) is 4.79 Å². The minimum Gasteiger partial charge on any atom is -0.465 e. The number of nitrogens with two attached hydrogens (primary N) is 1. The van der Waals surface area contributed by atoms with Gasteiger partial charge in [0.25, 0.3) is 0 Å². The van der Waals surface area contributed by atoms with Gasteiger partial charge in [-0.05, 0) is 29.8 Å². The summed E-state index contributed by atoms with van der Waals surface area (Å²) in [6, 6.07) is 6.99. The van der Waals surface area contributed by atoms with Crippen molar-refractivity contribution in [1.82, 2.24) is 15.2 Å². The fourth-order valence-electron chi connectivity index (χ4n) is 2.53. The fourth-order valence-corrected chi connectivity index (χ4v) is 3.39. The number of ether oxygens (including phenoxy) is 1. The normalized spacial score (nSPS) is 19.8. The van der Waals surface area contributed by atoms with Crippen molar-refractivity contribution in [3.05, 3.63) is 58.3 Å². The Balaban J connectivity index is 1.78. The molecule has 0 fully saturated rings. The van der Waals surface area contributed by atoms with Gasteiger partial charge in [0.2, 0.25) is 11.9 Å². The molecule has 0 amide bonds. The third-order valence-corrected chi connectivity index (χ3v) is 4.42. The number of nitrogens with one attached hydrogen (secondary N) is 2. The number of aromatic amines is 1. The quantitative estimate of drug-likeness (QED) is 0.556. The Kier molecular flexibility index (Phi) is 4.96. The Hall–Kier alpha value is -2.51. The van der Waals surface area contributed by atoms with Crippen molar-refractivity contribution in [2.24, 2.45) is 0 Å². The van der Waals surface area contributed by atoms with E-state index in [4.69, 9.17) is 33.7 Å². The smallest absolute Gasteiger partial charge is 0.337 e. The standard InChI is InChI=1S/C16H15Cl2N5O2/c1-25-14(24)9-4-2-8(3-5-9)13-11(17)6-10(7-12(13)18)20-16-21-15(19)22-23-16/h2-7,11,13H,1H3,(H4,19,20,21,22,23). The Morgan fingerprint density at radius 1 is 1.36 bits per heavy atom. The molecule has 0 spiro atoms. The number of allylic oxidation sites excluding steroid dienone is 3. The van der Waals surface area contributed by atoms with E-state index in [-0.39, 0.29) is 17.2 Å². The Labute approximate surface area is 153 Å². The van der Waals surface area contributed by atoms with Crippen LogP contribution in [0.5, 0.6) is 0 Å². The van der Waals surface area contributed by atoms with Crippen LogP contribution in [0.3, 0.4) is 0 Å². The number of halogens is 2. The Morgan fingerprint density at radius 2 is 2.08 bits per heavy atom. The zero-order valence-electron chi connectivity index (χ0n) is 13.2. The molecular formula is C16H15Cl2N5O2. The lowest BCUT2D eigenvalue weighted by atomic mass is 9.90. The number of hydrogen-bond donors (Lipinski definition) is 3.